The number of piperidine rings is 1. The third kappa shape index (κ3) is 4.99. The Balaban J connectivity index is 1.21. The van der Waals surface area contributed by atoms with Gasteiger partial charge < -0.3 is 30.5 Å². The van der Waals surface area contributed by atoms with Crippen LogP contribution < -0.4 is 5.32 Å². The minimum Gasteiger partial charge on any atom is -0.395 e. The summed E-state index contributed by atoms with van der Waals surface area (Å²) in [5.41, 5.74) is 0.898. The molecule has 1 amide bonds. The van der Waals surface area contributed by atoms with E-state index in [9.17, 15) is 25.2 Å². The summed E-state index contributed by atoms with van der Waals surface area (Å²) < 4.78 is 7.77. The summed E-state index contributed by atoms with van der Waals surface area (Å²) in [6.45, 7) is 1.73. The lowest BCUT2D eigenvalue weighted by atomic mass is 9.50. The molecule has 0 unspecified atom stereocenters. The van der Waals surface area contributed by atoms with Gasteiger partial charge in [0, 0.05) is 13.5 Å². The number of hydrogen-bond acceptors (Lipinski definition) is 9. The van der Waals surface area contributed by atoms with Crippen LogP contribution in [-0.4, -0.2) is 96.4 Å². The molecule has 6 rings (SSSR count). The normalized spacial score (nSPS) is 40.8. The molecule has 35 heavy (non-hydrogen) atoms. The first-order chi connectivity index (χ1) is 16.8. The maximum atomic E-state index is 11.7. The second kappa shape index (κ2) is 10.0. The molecule has 0 aromatic carbocycles. The molecule has 5 fully saturated rings. The van der Waals surface area contributed by atoms with Crippen molar-refractivity contribution in [1.29, 1.82) is 0 Å². The molecule has 1 saturated heterocycles. The molecule has 0 spiro atoms. The van der Waals surface area contributed by atoms with Gasteiger partial charge >= 0.3 is 0 Å². The number of ether oxygens (including phenoxy) is 1. The fourth-order valence-electron chi connectivity index (χ4n) is 7.88. The van der Waals surface area contributed by atoms with Gasteiger partial charge in [0.25, 0.3) is 0 Å². The van der Waals surface area contributed by atoms with Crippen molar-refractivity contribution in [2.24, 2.45) is 23.2 Å². The Morgan fingerprint density at radius 2 is 1.71 bits per heavy atom. The van der Waals surface area contributed by atoms with Crippen molar-refractivity contribution >= 4 is 5.91 Å². The number of rotatable bonds is 9. The maximum absolute atomic E-state index is 11.7. The van der Waals surface area contributed by atoms with Gasteiger partial charge in [-0.15, -0.1) is 5.10 Å². The van der Waals surface area contributed by atoms with E-state index in [-0.39, 0.29) is 19.1 Å². The highest BCUT2D eigenvalue weighted by molar-refractivity contribution is 5.73. The molecule has 4 saturated carbocycles. The number of nitrogens with zero attached hydrogens (tertiary/aromatic N) is 4. The summed E-state index contributed by atoms with van der Waals surface area (Å²) in [7, 11) is 0. The number of aliphatic hydroxyl groups excluding tert-OH is 4. The zero-order chi connectivity index (χ0) is 24.7. The van der Waals surface area contributed by atoms with E-state index in [0.717, 1.165) is 24.4 Å². The Hall–Kier alpha value is -1.63. The average Bonchev–Trinajstić information content (AvgIpc) is 3.23. The largest absolute Gasteiger partial charge is 0.395 e. The first-order valence-corrected chi connectivity index (χ1v) is 12.9. The van der Waals surface area contributed by atoms with Crippen molar-refractivity contribution in [3.8, 4) is 0 Å². The lowest BCUT2D eigenvalue weighted by Gasteiger charge is -2.56. The van der Waals surface area contributed by atoms with Crippen LogP contribution in [0, 0.1) is 23.2 Å². The van der Waals surface area contributed by atoms with Crippen molar-refractivity contribution in [2.45, 2.75) is 89.1 Å². The Bertz CT molecular complexity index is 860. The van der Waals surface area contributed by atoms with Crippen LogP contribution in [0.15, 0.2) is 6.20 Å². The summed E-state index contributed by atoms with van der Waals surface area (Å²) in [6.07, 6.45) is 7.19. The number of aromatic nitrogens is 3. The average molecular weight is 494 g/mol. The van der Waals surface area contributed by atoms with Gasteiger partial charge in [0.1, 0.15) is 12.8 Å². The molecule has 11 nitrogen and oxygen atoms in total. The quantitative estimate of drug-likeness (QED) is 0.298. The Kier molecular flexibility index (Phi) is 7.17. The van der Waals surface area contributed by atoms with E-state index in [2.05, 4.69) is 15.6 Å². The van der Waals surface area contributed by atoms with Crippen molar-refractivity contribution in [1.82, 2.24) is 25.2 Å². The molecule has 196 valence electrons. The second-order valence-corrected chi connectivity index (χ2v) is 11.5. The molecule has 1 aromatic heterocycles. The number of carbonyl (C=O) groups is 1. The Labute approximate surface area is 205 Å². The summed E-state index contributed by atoms with van der Waals surface area (Å²) >= 11 is 0. The van der Waals surface area contributed by atoms with Gasteiger partial charge in [-0.1, -0.05) is 5.21 Å². The summed E-state index contributed by atoms with van der Waals surface area (Å²) in [4.78, 5) is 13.3. The number of carbonyl (C=O) groups excluding carboxylic acids is 1. The molecule has 0 radical (unpaired) electrons. The van der Waals surface area contributed by atoms with Gasteiger partial charge in [-0.2, -0.15) is 0 Å². The van der Waals surface area contributed by atoms with E-state index in [1.54, 1.807) is 15.8 Å². The van der Waals surface area contributed by atoms with Crippen molar-refractivity contribution in [3.05, 3.63) is 11.9 Å². The highest BCUT2D eigenvalue weighted by Crippen LogP contribution is 2.60. The minimum atomic E-state index is -1.32. The van der Waals surface area contributed by atoms with E-state index in [0.29, 0.717) is 17.8 Å². The predicted molar refractivity (Wildman–Crippen MR) is 123 cm³/mol. The summed E-state index contributed by atoms with van der Waals surface area (Å²) in [5.74, 6) is 2.24. The number of hydrogen-bond donors (Lipinski definition) is 5. The number of likely N-dealkylation sites (tertiary alicyclic amines) is 1. The molecule has 1 aromatic rings. The highest BCUT2D eigenvalue weighted by atomic mass is 16.5. The lowest BCUT2D eigenvalue weighted by molar-refractivity contribution is -0.147. The summed E-state index contributed by atoms with van der Waals surface area (Å²) in [5, 5.41) is 52.0. The molecule has 5 N–H and O–H groups in total. The van der Waals surface area contributed by atoms with Crippen LogP contribution in [0.25, 0.3) is 0 Å². The van der Waals surface area contributed by atoms with Crippen molar-refractivity contribution in [3.63, 3.8) is 0 Å². The minimum absolute atomic E-state index is 0.172. The van der Waals surface area contributed by atoms with Crippen molar-refractivity contribution < 1.29 is 30.0 Å². The van der Waals surface area contributed by atoms with E-state index in [1.807, 2.05) is 0 Å². The molecular weight excluding hydrogens is 454 g/mol. The van der Waals surface area contributed by atoms with Crippen LogP contribution in [0.5, 0.6) is 0 Å². The zero-order valence-corrected chi connectivity index (χ0v) is 20.4. The van der Waals surface area contributed by atoms with Crippen LogP contribution in [0.1, 0.15) is 51.1 Å². The summed E-state index contributed by atoms with van der Waals surface area (Å²) in [6, 6.07) is -2.44. The van der Waals surface area contributed by atoms with Crippen LogP contribution in [-0.2, 0) is 22.8 Å². The number of amides is 1. The SMILES string of the molecule is CC(=O)N[C@@H]1[C@@H](O)[C@H](O)[C@@H](CO)N(Cc2cn(COCC34CC5C[C@H](C3)C[C@H](C5)C4)nn2)[C@@H]1CO. The van der Waals surface area contributed by atoms with Gasteiger partial charge in [0.15, 0.2) is 0 Å². The molecule has 5 aliphatic rings. The molecule has 5 atom stereocenters. The molecular formula is C24H39N5O6. The second-order valence-electron chi connectivity index (χ2n) is 11.5. The highest BCUT2D eigenvalue weighted by Gasteiger charge is 2.51. The first-order valence-electron chi connectivity index (χ1n) is 12.9. The zero-order valence-electron chi connectivity index (χ0n) is 20.4. The van der Waals surface area contributed by atoms with Gasteiger partial charge in [-0.3, -0.25) is 9.69 Å². The Morgan fingerprint density at radius 3 is 2.29 bits per heavy atom. The van der Waals surface area contributed by atoms with Gasteiger partial charge in [0.2, 0.25) is 5.91 Å². The maximum Gasteiger partial charge on any atom is 0.217 e. The van der Waals surface area contributed by atoms with Crippen molar-refractivity contribution in [2.75, 3.05) is 19.8 Å². The van der Waals surface area contributed by atoms with Crippen LogP contribution in [0.3, 0.4) is 0 Å². The van der Waals surface area contributed by atoms with Gasteiger partial charge in [-0.05, 0) is 61.7 Å². The topological polar surface area (TPSA) is 153 Å². The molecule has 4 bridgehead atoms. The Morgan fingerprint density at radius 1 is 1.09 bits per heavy atom. The third-order valence-corrected chi connectivity index (χ3v) is 8.85. The fraction of sp³-hybridized carbons (Fsp3) is 0.875. The first kappa shape index (κ1) is 25.0. The van der Waals surface area contributed by atoms with E-state index >= 15 is 0 Å². The molecule has 2 heterocycles. The van der Waals surface area contributed by atoms with Crippen LogP contribution >= 0.6 is 0 Å². The van der Waals surface area contributed by atoms with E-state index in [4.69, 9.17) is 4.74 Å². The number of aliphatic hydroxyl groups is 4. The van der Waals surface area contributed by atoms with Crippen LogP contribution in [0.4, 0.5) is 0 Å². The smallest absolute Gasteiger partial charge is 0.217 e. The van der Waals surface area contributed by atoms with E-state index < -0.39 is 36.9 Å². The monoisotopic (exact) mass is 493 g/mol. The van der Waals surface area contributed by atoms with Gasteiger partial charge in [-0.25, -0.2) is 4.68 Å². The van der Waals surface area contributed by atoms with E-state index in [1.165, 1.54) is 45.4 Å². The third-order valence-electron chi connectivity index (χ3n) is 8.85. The lowest BCUT2D eigenvalue weighted by Crippen LogP contribution is -2.71. The molecule has 1 aliphatic heterocycles. The standard InChI is InChI=1S/C24H39N5O6/c1-14(32)25-21-19(10-30)29(20(11-31)22(33)23(21)34)9-18-8-28(27-26-18)13-35-12-24-5-15-2-16(6-24)4-17(3-15)7-24/h8,15-17,19-23,30-31,33-34H,2-7,9-13H2,1H3,(H,25,32)/t15-,16-,17?,19-,20-,21+,22-,23-,24?/m1/s1. The van der Waals surface area contributed by atoms with Crippen LogP contribution in [0.2, 0.25) is 0 Å². The molecule has 4 aliphatic carbocycles. The fourth-order valence-corrected chi connectivity index (χ4v) is 7.88. The predicted octanol–water partition coefficient (Wildman–Crippen LogP) is -0.767. The number of nitrogens with one attached hydrogen (secondary N) is 1. The molecule has 11 heteroatoms. The van der Waals surface area contributed by atoms with Gasteiger partial charge in [0.05, 0.1) is 55.9 Å².